The number of hydrogen-bond donors (Lipinski definition) is 2. The highest BCUT2D eigenvalue weighted by atomic mass is 15.3. The predicted molar refractivity (Wildman–Crippen MR) is 89.3 cm³/mol. The third kappa shape index (κ3) is 4.07. The van der Waals surface area contributed by atoms with Crippen LogP contribution in [-0.4, -0.2) is 33.8 Å². The van der Waals surface area contributed by atoms with E-state index >= 15 is 0 Å². The fourth-order valence-electron chi connectivity index (χ4n) is 2.16. The van der Waals surface area contributed by atoms with Crippen LogP contribution in [-0.2, 0) is 6.54 Å². The van der Waals surface area contributed by atoms with Crippen molar-refractivity contribution < 1.29 is 0 Å². The first kappa shape index (κ1) is 16.0. The number of aliphatic imine (C=N–C) groups is 1. The number of pyridine rings is 1. The van der Waals surface area contributed by atoms with Crippen molar-refractivity contribution in [2.24, 2.45) is 4.99 Å². The van der Waals surface area contributed by atoms with Crippen LogP contribution in [0.2, 0.25) is 0 Å². The Hall–Kier alpha value is -2.37. The van der Waals surface area contributed by atoms with Gasteiger partial charge in [0.15, 0.2) is 11.8 Å². The smallest absolute Gasteiger partial charge is 0.191 e. The first-order chi connectivity index (χ1) is 10.5. The maximum absolute atomic E-state index is 4.49. The van der Waals surface area contributed by atoms with E-state index < -0.39 is 0 Å². The first-order valence-electron chi connectivity index (χ1n) is 7.45. The molecular formula is C16H24N6. The Balaban J connectivity index is 2.02. The molecule has 2 heterocycles. The molecule has 118 valence electrons. The minimum absolute atomic E-state index is 0.345. The molecule has 0 amide bonds. The van der Waals surface area contributed by atoms with Crippen LogP contribution in [0.5, 0.6) is 0 Å². The Labute approximate surface area is 131 Å². The van der Waals surface area contributed by atoms with E-state index in [2.05, 4.69) is 45.6 Å². The summed E-state index contributed by atoms with van der Waals surface area (Å²) in [5, 5.41) is 11.0. The number of guanidine groups is 1. The van der Waals surface area contributed by atoms with Crippen LogP contribution >= 0.6 is 0 Å². The summed E-state index contributed by atoms with van der Waals surface area (Å²) >= 11 is 0. The Morgan fingerprint density at radius 2 is 2.09 bits per heavy atom. The monoisotopic (exact) mass is 300 g/mol. The van der Waals surface area contributed by atoms with Gasteiger partial charge in [-0.05, 0) is 45.4 Å². The lowest BCUT2D eigenvalue weighted by Gasteiger charge is -2.14. The standard InChI is InChI=1S/C16H24N6/c1-11(2)20-16(17-5)19-10-14-6-7-15(18-9-14)22-13(4)8-12(3)21-22/h6-9,11H,10H2,1-5H3,(H2,17,19,20). The second-order valence-electron chi connectivity index (χ2n) is 5.59. The Bertz CT molecular complexity index is 639. The highest BCUT2D eigenvalue weighted by molar-refractivity contribution is 5.79. The van der Waals surface area contributed by atoms with Crippen LogP contribution in [0.3, 0.4) is 0 Å². The van der Waals surface area contributed by atoms with Gasteiger partial charge in [0, 0.05) is 31.5 Å². The number of rotatable bonds is 4. The van der Waals surface area contributed by atoms with E-state index in [0.29, 0.717) is 12.6 Å². The molecule has 0 saturated heterocycles. The number of nitrogens with one attached hydrogen (secondary N) is 2. The van der Waals surface area contributed by atoms with Gasteiger partial charge in [-0.2, -0.15) is 5.10 Å². The van der Waals surface area contributed by atoms with Gasteiger partial charge in [-0.3, -0.25) is 4.99 Å². The molecule has 0 spiro atoms. The summed E-state index contributed by atoms with van der Waals surface area (Å²) in [6.45, 7) is 8.85. The predicted octanol–water partition coefficient (Wildman–Crippen LogP) is 1.96. The summed E-state index contributed by atoms with van der Waals surface area (Å²) in [4.78, 5) is 8.67. The van der Waals surface area contributed by atoms with Gasteiger partial charge in [0.05, 0.1) is 5.69 Å². The van der Waals surface area contributed by atoms with Gasteiger partial charge in [-0.25, -0.2) is 9.67 Å². The van der Waals surface area contributed by atoms with Crippen LogP contribution in [0.4, 0.5) is 0 Å². The van der Waals surface area contributed by atoms with Crippen LogP contribution in [0.25, 0.3) is 5.82 Å². The number of aryl methyl sites for hydroxylation is 2. The Morgan fingerprint density at radius 1 is 1.32 bits per heavy atom. The third-order valence-electron chi connectivity index (χ3n) is 3.14. The SMILES string of the molecule is CN=C(NCc1ccc(-n2nc(C)cc2C)nc1)NC(C)C. The van der Waals surface area contributed by atoms with Gasteiger partial charge in [-0.15, -0.1) is 0 Å². The molecule has 0 aromatic carbocycles. The minimum Gasteiger partial charge on any atom is -0.354 e. The second kappa shape index (κ2) is 7.06. The largest absolute Gasteiger partial charge is 0.354 e. The Morgan fingerprint density at radius 3 is 2.59 bits per heavy atom. The fraction of sp³-hybridized carbons (Fsp3) is 0.438. The molecule has 0 bridgehead atoms. The fourth-order valence-corrected chi connectivity index (χ4v) is 2.16. The average Bonchev–Trinajstić information content (AvgIpc) is 2.82. The number of hydrogen-bond acceptors (Lipinski definition) is 3. The van der Waals surface area contributed by atoms with Gasteiger partial charge in [0.25, 0.3) is 0 Å². The molecule has 6 nitrogen and oxygen atoms in total. The number of aromatic nitrogens is 3. The summed E-state index contributed by atoms with van der Waals surface area (Å²) in [7, 11) is 1.77. The molecule has 22 heavy (non-hydrogen) atoms. The van der Waals surface area contributed by atoms with E-state index in [0.717, 1.165) is 28.7 Å². The first-order valence-corrected chi connectivity index (χ1v) is 7.45. The molecule has 0 aliphatic carbocycles. The zero-order chi connectivity index (χ0) is 16.1. The van der Waals surface area contributed by atoms with Crippen molar-refractivity contribution in [3.05, 3.63) is 41.3 Å². The van der Waals surface area contributed by atoms with E-state index in [4.69, 9.17) is 0 Å². The number of nitrogens with zero attached hydrogens (tertiary/aromatic N) is 4. The molecule has 2 rings (SSSR count). The van der Waals surface area contributed by atoms with Crippen LogP contribution in [0, 0.1) is 13.8 Å². The molecular weight excluding hydrogens is 276 g/mol. The summed E-state index contributed by atoms with van der Waals surface area (Å²) in [6.07, 6.45) is 1.86. The van der Waals surface area contributed by atoms with Crippen molar-refractivity contribution >= 4 is 5.96 Å². The van der Waals surface area contributed by atoms with Gasteiger partial charge in [-0.1, -0.05) is 6.07 Å². The molecule has 0 saturated carbocycles. The molecule has 2 aromatic heterocycles. The molecule has 0 aliphatic heterocycles. The maximum Gasteiger partial charge on any atom is 0.191 e. The molecule has 0 radical (unpaired) electrons. The topological polar surface area (TPSA) is 67.1 Å². The highest BCUT2D eigenvalue weighted by Crippen LogP contribution is 2.10. The summed E-state index contributed by atoms with van der Waals surface area (Å²) in [5.41, 5.74) is 3.17. The van der Waals surface area contributed by atoms with E-state index in [1.807, 2.05) is 36.9 Å². The summed E-state index contributed by atoms with van der Waals surface area (Å²) in [6, 6.07) is 6.42. The van der Waals surface area contributed by atoms with Crippen LogP contribution < -0.4 is 10.6 Å². The Kier molecular flexibility index (Phi) is 5.14. The molecule has 0 fully saturated rings. The van der Waals surface area contributed by atoms with Crippen molar-refractivity contribution in [2.45, 2.75) is 40.3 Å². The van der Waals surface area contributed by atoms with Gasteiger partial charge < -0.3 is 10.6 Å². The van der Waals surface area contributed by atoms with Crippen molar-refractivity contribution in [1.29, 1.82) is 0 Å². The van der Waals surface area contributed by atoms with Crippen molar-refractivity contribution in [1.82, 2.24) is 25.4 Å². The van der Waals surface area contributed by atoms with Crippen molar-refractivity contribution in [3.8, 4) is 5.82 Å². The van der Waals surface area contributed by atoms with Gasteiger partial charge in [0.2, 0.25) is 0 Å². The summed E-state index contributed by atoms with van der Waals surface area (Å²) in [5.74, 6) is 1.62. The average molecular weight is 300 g/mol. The lowest BCUT2D eigenvalue weighted by atomic mass is 10.3. The van der Waals surface area contributed by atoms with Crippen molar-refractivity contribution in [2.75, 3.05) is 7.05 Å². The molecule has 0 unspecified atom stereocenters. The van der Waals surface area contributed by atoms with E-state index in [1.54, 1.807) is 7.05 Å². The lowest BCUT2D eigenvalue weighted by molar-refractivity contribution is 0.698. The van der Waals surface area contributed by atoms with Gasteiger partial charge >= 0.3 is 0 Å². The molecule has 2 aromatic rings. The maximum atomic E-state index is 4.49. The summed E-state index contributed by atoms with van der Waals surface area (Å²) < 4.78 is 1.85. The highest BCUT2D eigenvalue weighted by Gasteiger charge is 2.05. The lowest BCUT2D eigenvalue weighted by Crippen LogP contribution is -2.40. The minimum atomic E-state index is 0.345. The zero-order valence-corrected chi connectivity index (χ0v) is 13.9. The molecule has 0 aliphatic rings. The quantitative estimate of drug-likeness (QED) is 0.669. The van der Waals surface area contributed by atoms with E-state index in [9.17, 15) is 0 Å². The van der Waals surface area contributed by atoms with Gasteiger partial charge in [0.1, 0.15) is 0 Å². The van der Waals surface area contributed by atoms with E-state index in [-0.39, 0.29) is 0 Å². The van der Waals surface area contributed by atoms with E-state index in [1.165, 1.54) is 0 Å². The molecule has 6 heteroatoms. The molecule has 2 N–H and O–H groups in total. The normalized spacial score (nSPS) is 11.8. The van der Waals surface area contributed by atoms with Crippen LogP contribution in [0.15, 0.2) is 29.4 Å². The molecule has 0 atom stereocenters. The third-order valence-corrected chi connectivity index (χ3v) is 3.14. The van der Waals surface area contributed by atoms with Crippen LogP contribution in [0.1, 0.15) is 30.8 Å². The van der Waals surface area contributed by atoms with Crippen molar-refractivity contribution in [3.63, 3.8) is 0 Å². The second-order valence-corrected chi connectivity index (χ2v) is 5.59. The zero-order valence-electron chi connectivity index (χ0n) is 13.9.